The van der Waals surface area contributed by atoms with Crippen molar-refractivity contribution in [1.82, 2.24) is 0 Å². The van der Waals surface area contributed by atoms with E-state index in [9.17, 15) is 35.1 Å². The molecule has 2 N–H and O–H groups in total. The third kappa shape index (κ3) is 6.85. The summed E-state index contributed by atoms with van der Waals surface area (Å²) in [5.41, 5.74) is -9.99. The van der Waals surface area contributed by atoms with Crippen molar-refractivity contribution in [2.24, 2.45) is 0 Å². The summed E-state index contributed by atoms with van der Waals surface area (Å²) in [4.78, 5) is 17.6. The molecular weight excluding hydrogens is 618 g/mol. The van der Waals surface area contributed by atoms with Crippen LogP contribution in [0.1, 0.15) is 36.1 Å². The number of alkyl halides is 4. The molecule has 0 saturated carbocycles. The van der Waals surface area contributed by atoms with Crippen LogP contribution in [0.3, 0.4) is 0 Å². The Hall–Kier alpha value is -1.11. The molecule has 0 aliphatic rings. The first-order valence-electron chi connectivity index (χ1n) is 10.2. The number of rotatable bonds is 12. The molecule has 0 aliphatic carbocycles. The van der Waals surface area contributed by atoms with E-state index in [1.54, 1.807) is 0 Å². The Morgan fingerprint density at radius 3 is 1.81 bits per heavy atom. The van der Waals surface area contributed by atoms with Crippen molar-refractivity contribution < 1.29 is 53.9 Å². The van der Waals surface area contributed by atoms with Gasteiger partial charge in [-0.2, -0.15) is 17.6 Å². The third-order valence-corrected chi connectivity index (χ3v) is 10.2. The fourth-order valence-corrected chi connectivity index (χ4v) is 7.31. The van der Waals surface area contributed by atoms with Gasteiger partial charge >= 0.3 is 26.5 Å². The quantitative estimate of drug-likeness (QED) is 0.210. The molecule has 8 nitrogen and oxygen atoms in total. The second kappa shape index (κ2) is 11.3. The van der Waals surface area contributed by atoms with Crippen molar-refractivity contribution in [3.63, 3.8) is 0 Å². The van der Waals surface area contributed by atoms with Gasteiger partial charge < -0.3 is 18.8 Å². The maximum Gasteiger partial charge on any atom is 0.404 e. The van der Waals surface area contributed by atoms with Crippen molar-refractivity contribution in [3.8, 4) is 0 Å². The van der Waals surface area contributed by atoms with E-state index in [0.717, 1.165) is 30.3 Å². The van der Waals surface area contributed by atoms with Crippen LogP contribution in [0.4, 0.5) is 17.6 Å². The van der Waals surface area contributed by atoms with Gasteiger partial charge in [0, 0.05) is 15.6 Å². The SMILES string of the molecule is CCOP(=O)(OCC)C(F)(F)c1ccc(CS(=O)(=O)Cc2ccc(C(F)(F)P(=O)(O)O)cc2)c(Br)c1. The molecule has 16 heteroatoms. The predicted molar refractivity (Wildman–Crippen MR) is 128 cm³/mol. The molecule has 2 aromatic carbocycles. The number of hydrogen-bond acceptors (Lipinski definition) is 6. The highest BCUT2D eigenvalue weighted by molar-refractivity contribution is 9.10. The van der Waals surface area contributed by atoms with Crippen molar-refractivity contribution in [2.45, 2.75) is 36.7 Å². The van der Waals surface area contributed by atoms with E-state index in [-0.39, 0.29) is 28.8 Å². The average Bonchev–Trinajstić information content (AvgIpc) is 2.74. The summed E-state index contributed by atoms with van der Waals surface area (Å²) in [5, 5.41) is 0. The van der Waals surface area contributed by atoms with E-state index < -0.39 is 59.0 Å². The molecule has 0 fully saturated rings. The van der Waals surface area contributed by atoms with Crippen LogP contribution in [0.2, 0.25) is 0 Å². The van der Waals surface area contributed by atoms with Gasteiger partial charge in [0.15, 0.2) is 9.84 Å². The lowest BCUT2D eigenvalue weighted by Crippen LogP contribution is -2.18. The molecule has 36 heavy (non-hydrogen) atoms. The van der Waals surface area contributed by atoms with Crippen LogP contribution < -0.4 is 0 Å². The summed E-state index contributed by atoms with van der Waals surface area (Å²) in [5.74, 6) is -1.24. The summed E-state index contributed by atoms with van der Waals surface area (Å²) in [7, 11) is -14.6. The molecular formula is C20H23BrF4O8P2S. The molecule has 0 spiro atoms. The van der Waals surface area contributed by atoms with Crippen molar-refractivity contribution in [3.05, 3.63) is 69.2 Å². The van der Waals surface area contributed by atoms with E-state index in [1.165, 1.54) is 13.8 Å². The first kappa shape index (κ1) is 31.1. The Balaban J connectivity index is 2.25. The first-order valence-corrected chi connectivity index (χ1v) is 16.0. The van der Waals surface area contributed by atoms with Crippen LogP contribution in [0.15, 0.2) is 46.9 Å². The highest BCUT2D eigenvalue weighted by Gasteiger charge is 2.55. The Morgan fingerprint density at radius 1 is 0.861 bits per heavy atom. The molecule has 0 saturated heterocycles. The molecule has 0 aliphatic heterocycles. The smallest absolute Gasteiger partial charge is 0.320 e. The summed E-state index contributed by atoms with van der Waals surface area (Å²) in [6.45, 7) is 2.18. The van der Waals surface area contributed by atoms with Gasteiger partial charge in [-0.05, 0) is 31.0 Å². The Morgan fingerprint density at radius 2 is 1.36 bits per heavy atom. The minimum absolute atomic E-state index is 0.0144. The zero-order valence-corrected chi connectivity index (χ0v) is 23.1. The lowest BCUT2D eigenvalue weighted by atomic mass is 10.1. The molecule has 0 unspecified atom stereocenters. The molecule has 2 aromatic rings. The Bertz CT molecular complexity index is 1270. The molecule has 0 aromatic heterocycles. The molecule has 2 rings (SSSR count). The highest BCUT2D eigenvalue weighted by Crippen LogP contribution is 2.67. The maximum atomic E-state index is 15.0. The normalized spacial score (nSPS) is 13.7. The van der Waals surface area contributed by atoms with Gasteiger partial charge in [-0.25, -0.2) is 8.42 Å². The fraction of sp³-hybridized carbons (Fsp3) is 0.400. The summed E-state index contributed by atoms with van der Waals surface area (Å²) in [6, 6.07) is 6.34. The molecule has 0 radical (unpaired) electrons. The van der Waals surface area contributed by atoms with Crippen LogP contribution >= 0.6 is 31.1 Å². The standard InChI is InChI=1S/C20H23BrF4O8P2S/c1-3-32-35(29,33-4-2)20(24,25)17-10-7-15(18(21)11-17)13-36(30,31)12-14-5-8-16(9-6-14)19(22,23)34(26,27)28/h5-11H,3-4,12-13H2,1-2H3,(H2,26,27,28). The zero-order chi connectivity index (χ0) is 27.6. The van der Waals surface area contributed by atoms with Crippen LogP contribution in [0, 0.1) is 0 Å². The van der Waals surface area contributed by atoms with Crippen molar-refractivity contribution in [1.29, 1.82) is 0 Å². The summed E-state index contributed by atoms with van der Waals surface area (Å²) < 4.78 is 116. The van der Waals surface area contributed by atoms with Crippen molar-refractivity contribution >= 4 is 41.0 Å². The maximum absolute atomic E-state index is 15.0. The first-order chi connectivity index (χ1) is 16.4. The van der Waals surface area contributed by atoms with Gasteiger partial charge in [-0.15, -0.1) is 0 Å². The molecule has 0 heterocycles. The monoisotopic (exact) mass is 640 g/mol. The van der Waals surface area contributed by atoms with E-state index in [4.69, 9.17) is 18.8 Å². The minimum Gasteiger partial charge on any atom is -0.320 e. The van der Waals surface area contributed by atoms with Crippen LogP contribution in [0.25, 0.3) is 0 Å². The van der Waals surface area contributed by atoms with E-state index in [1.807, 2.05) is 0 Å². The molecule has 0 amide bonds. The Kier molecular flexibility index (Phi) is 9.79. The minimum atomic E-state index is -5.78. The van der Waals surface area contributed by atoms with Gasteiger partial charge in [-0.3, -0.25) is 9.13 Å². The Labute approximate surface area is 213 Å². The van der Waals surface area contributed by atoms with Gasteiger partial charge in [-0.1, -0.05) is 52.3 Å². The second-order valence-corrected chi connectivity index (χ2v) is 14.1. The van der Waals surface area contributed by atoms with Gasteiger partial charge in [0.05, 0.1) is 24.7 Å². The average molecular weight is 641 g/mol. The number of benzene rings is 2. The third-order valence-electron chi connectivity index (χ3n) is 4.77. The highest BCUT2D eigenvalue weighted by atomic mass is 79.9. The number of hydrogen-bond donors (Lipinski definition) is 2. The van der Waals surface area contributed by atoms with Crippen LogP contribution in [-0.4, -0.2) is 31.4 Å². The van der Waals surface area contributed by atoms with Crippen LogP contribution in [-0.2, 0) is 50.8 Å². The van der Waals surface area contributed by atoms with E-state index >= 15 is 0 Å². The van der Waals surface area contributed by atoms with Gasteiger partial charge in [0.1, 0.15) is 0 Å². The van der Waals surface area contributed by atoms with E-state index in [0.29, 0.717) is 12.1 Å². The van der Waals surface area contributed by atoms with Crippen LogP contribution in [0.5, 0.6) is 0 Å². The topological polar surface area (TPSA) is 127 Å². The van der Waals surface area contributed by atoms with E-state index in [2.05, 4.69) is 15.9 Å². The second-order valence-electron chi connectivity index (χ2n) is 7.49. The van der Waals surface area contributed by atoms with Crippen molar-refractivity contribution in [2.75, 3.05) is 13.2 Å². The fourth-order valence-electron chi connectivity index (χ4n) is 3.06. The number of sulfone groups is 1. The lowest BCUT2D eigenvalue weighted by molar-refractivity contribution is 0.0360. The molecule has 0 atom stereocenters. The number of halogens is 5. The molecule has 0 bridgehead atoms. The summed E-state index contributed by atoms with van der Waals surface area (Å²) in [6.07, 6.45) is 0. The predicted octanol–water partition coefficient (Wildman–Crippen LogP) is 6.11. The van der Waals surface area contributed by atoms with Gasteiger partial charge in [0.2, 0.25) is 0 Å². The molecule has 202 valence electrons. The largest absolute Gasteiger partial charge is 0.404 e. The summed E-state index contributed by atoms with van der Waals surface area (Å²) >= 11 is 3.05. The lowest BCUT2D eigenvalue weighted by Gasteiger charge is -2.26. The zero-order valence-electron chi connectivity index (χ0n) is 18.9. The van der Waals surface area contributed by atoms with Gasteiger partial charge in [0.25, 0.3) is 0 Å².